The summed E-state index contributed by atoms with van der Waals surface area (Å²) in [6.45, 7) is 5.21. The number of hydrogen-bond acceptors (Lipinski definition) is 4. The maximum absolute atomic E-state index is 13.4. The van der Waals surface area contributed by atoms with Gasteiger partial charge in [0.1, 0.15) is 5.82 Å². The van der Waals surface area contributed by atoms with Crippen LogP contribution in [0.25, 0.3) is 10.9 Å². The molecule has 0 saturated carbocycles. The third-order valence-electron chi connectivity index (χ3n) is 6.03. The van der Waals surface area contributed by atoms with Crippen LogP contribution in [0.5, 0.6) is 0 Å². The summed E-state index contributed by atoms with van der Waals surface area (Å²) in [5, 5.41) is 0.986. The van der Waals surface area contributed by atoms with Crippen LogP contribution in [0.1, 0.15) is 12.8 Å². The molecule has 0 bridgehead atoms. The van der Waals surface area contributed by atoms with Crippen LogP contribution in [0.2, 0.25) is 0 Å². The fourth-order valence-corrected chi connectivity index (χ4v) is 4.65. The lowest BCUT2D eigenvalue weighted by Gasteiger charge is -2.46. The van der Waals surface area contributed by atoms with Gasteiger partial charge in [0.15, 0.2) is 0 Å². The van der Waals surface area contributed by atoms with Crippen molar-refractivity contribution in [3.8, 4) is 0 Å². The van der Waals surface area contributed by atoms with Gasteiger partial charge in [0.25, 0.3) is 0 Å². The molecule has 2 aliphatic rings. The van der Waals surface area contributed by atoms with Crippen molar-refractivity contribution in [3.05, 3.63) is 54.7 Å². The number of anilines is 1. The van der Waals surface area contributed by atoms with E-state index in [1.165, 1.54) is 12.8 Å². The number of nitrogens with zero attached hydrogens (tertiary/aromatic N) is 5. The standard InChI is InChI=1S/C21H24FN5/c22-18-3-5-20-17(12-18)6-9-26(20)14-16-2-4-19-15-27(11-10-25(19)13-16)21-23-7-1-8-24-21/h1,3,5-9,12,16,19H,2,4,10-11,13-15H2/t16-,19?/m1/s1. The average Bonchev–Trinajstić information content (AvgIpc) is 3.10. The maximum Gasteiger partial charge on any atom is 0.225 e. The first-order valence-corrected chi connectivity index (χ1v) is 9.77. The van der Waals surface area contributed by atoms with Crippen molar-refractivity contribution in [1.29, 1.82) is 0 Å². The molecule has 2 saturated heterocycles. The fraction of sp³-hybridized carbons (Fsp3) is 0.429. The highest BCUT2D eigenvalue weighted by atomic mass is 19.1. The van der Waals surface area contributed by atoms with Crippen LogP contribution in [0.3, 0.4) is 0 Å². The van der Waals surface area contributed by atoms with Gasteiger partial charge in [-0.15, -0.1) is 0 Å². The zero-order valence-corrected chi connectivity index (χ0v) is 15.3. The number of fused-ring (bicyclic) bond motifs is 2. The molecule has 2 aliphatic heterocycles. The number of piperidine rings is 1. The van der Waals surface area contributed by atoms with Crippen LogP contribution in [-0.4, -0.2) is 51.7 Å². The van der Waals surface area contributed by atoms with Crippen molar-refractivity contribution in [2.75, 3.05) is 31.1 Å². The van der Waals surface area contributed by atoms with E-state index in [1.807, 2.05) is 30.6 Å². The molecule has 2 fully saturated rings. The largest absolute Gasteiger partial charge is 0.347 e. The first-order chi connectivity index (χ1) is 13.3. The van der Waals surface area contributed by atoms with E-state index < -0.39 is 0 Å². The summed E-state index contributed by atoms with van der Waals surface area (Å²) in [5.41, 5.74) is 1.13. The molecule has 1 unspecified atom stereocenters. The number of hydrogen-bond donors (Lipinski definition) is 0. The Morgan fingerprint density at radius 2 is 1.93 bits per heavy atom. The minimum absolute atomic E-state index is 0.166. The number of benzene rings is 1. The molecule has 27 heavy (non-hydrogen) atoms. The average molecular weight is 365 g/mol. The topological polar surface area (TPSA) is 37.2 Å². The Kier molecular flexibility index (Phi) is 4.28. The van der Waals surface area contributed by atoms with E-state index in [0.29, 0.717) is 12.0 Å². The predicted octanol–water partition coefficient (Wildman–Crippen LogP) is 3.17. The van der Waals surface area contributed by atoms with E-state index >= 15 is 0 Å². The SMILES string of the molecule is Fc1ccc2c(ccn2C[C@@H]2CCC3CN(c4ncccn4)CCN3C2)c1. The summed E-state index contributed by atoms with van der Waals surface area (Å²) in [6, 6.07) is 9.55. The molecule has 4 heterocycles. The fourth-order valence-electron chi connectivity index (χ4n) is 4.65. The van der Waals surface area contributed by atoms with Crippen LogP contribution in [-0.2, 0) is 6.54 Å². The van der Waals surface area contributed by atoms with Gasteiger partial charge in [-0.05, 0) is 49.1 Å². The summed E-state index contributed by atoms with van der Waals surface area (Å²) in [7, 11) is 0. The van der Waals surface area contributed by atoms with Gasteiger partial charge in [0.2, 0.25) is 5.95 Å². The normalized spacial score (nSPS) is 23.5. The first-order valence-electron chi connectivity index (χ1n) is 9.77. The number of rotatable bonds is 3. The molecule has 0 spiro atoms. The van der Waals surface area contributed by atoms with Crippen molar-refractivity contribution in [3.63, 3.8) is 0 Å². The third-order valence-corrected chi connectivity index (χ3v) is 6.03. The maximum atomic E-state index is 13.4. The Morgan fingerprint density at radius 1 is 1.04 bits per heavy atom. The van der Waals surface area contributed by atoms with Crippen molar-refractivity contribution in [2.45, 2.75) is 25.4 Å². The zero-order valence-electron chi connectivity index (χ0n) is 15.3. The summed E-state index contributed by atoms with van der Waals surface area (Å²) in [5.74, 6) is 1.33. The predicted molar refractivity (Wildman–Crippen MR) is 104 cm³/mol. The quantitative estimate of drug-likeness (QED) is 0.714. The van der Waals surface area contributed by atoms with E-state index in [2.05, 4.69) is 30.5 Å². The van der Waals surface area contributed by atoms with Crippen LogP contribution in [0.15, 0.2) is 48.9 Å². The van der Waals surface area contributed by atoms with Crippen molar-refractivity contribution < 1.29 is 4.39 Å². The number of halogens is 1. The molecule has 6 heteroatoms. The van der Waals surface area contributed by atoms with Crippen molar-refractivity contribution in [2.24, 2.45) is 5.92 Å². The number of piperazine rings is 1. The van der Waals surface area contributed by atoms with E-state index in [-0.39, 0.29) is 5.82 Å². The van der Waals surface area contributed by atoms with E-state index in [9.17, 15) is 4.39 Å². The van der Waals surface area contributed by atoms with Gasteiger partial charge in [-0.3, -0.25) is 4.90 Å². The van der Waals surface area contributed by atoms with Gasteiger partial charge in [-0.25, -0.2) is 14.4 Å². The molecular weight excluding hydrogens is 341 g/mol. The van der Waals surface area contributed by atoms with Gasteiger partial charge in [-0.1, -0.05) is 0 Å². The Balaban J connectivity index is 1.24. The third kappa shape index (κ3) is 3.30. The lowest BCUT2D eigenvalue weighted by molar-refractivity contribution is 0.0888. The smallest absolute Gasteiger partial charge is 0.225 e. The Hall–Kier alpha value is -2.47. The van der Waals surface area contributed by atoms with Crippen LogP contribution in [0.4, 0.5) is 10.3 Å². The highest BCUT2D eigenvalue weighted by molar-refractivity contribution is 5.80. The summed E-state index contributed by atoms with van der Waals surface area (Å²) in [4.78, 5) is 13.8. The molecule has 0 radical (unpaired) electrons. The molecule has 2 atom stereocenters. The monoisotopic (exact) mass is 365 g/mol. The second kappa shape index (κ2) is 6.93. The van der Waals surface area contributed by atoms with Crippen molar-refractivity contribution in [1.82, 2.24) is 19.4 Å². The van der Waals surface area contributed by atoms with Gasteiger partial charge >= 0.3 is 0 Å². The van der Waals surface area contributed by atoms with E-state index in [4.69, 9.17) is 0 Å². The molecule has 140 valence electrons. The summed E-state index contributed by atoms with van der Waals surface area (Å²) in [6.07, 6.45) is 8.17. The van der Waals surface area contributed by atoms with Crippen LogP contribution < -0.4 is 4.90 Å². The molecule has 0 amide bonds. The summed E-state index contributed by atoms with van der Waals surface area (Å²) < 4.78 is 15.7. The van der Waals surface area contributed by atoms with Gasteiger partial charge in [0, 0.05) is 68.3 Å². The zero-order chi connectivity index (χ0) is 18.2. The molecule has 0 aliphatic carbocycles. The van der Waals surface area contributed by atoms with Gasteiger partial charge < -0.3 is 9.47 Å². The van der Waals surface area contributed by atoms with E-state index in [0.717, 1.165) is 49.6 Å². The molecule has 1 aromatic carbocycles. The van der Waals surface area contributed by atoms with E-state index in [1.54, 1.807) is 12.1 Å². The highest BCUT2D eigenvalue weighted by Gasteiger charge is 2.33. The second-order valence-electron chi connectivity index (χ2n) is 7.76. The molecule has 2 aromatic heterocycles. The Morgan fingerprint density at radius 3 is 2.81 bits per heavy atom. The Labute approximate surface area is 158 Å². The van der Waals surface area contributed by atoms with Crippen LogP contribution >= 0.6 is 0 Å². The van der Waals surface area contributed by atoms with Gasteiger partial charge in [-0.2, -0.15) is 0 Å². The van der Waals surface area contributed by atoms with Gasteiger partial charge in [0.05, 0.1) is 0 Å². The minimum atomic E-state index is -0.166. The van der Waals surface area contributed by atoms with Crippen LogP contribution in [0, 0.1) is 11.7 Å². The summed E-state index contributed by atoms with van der Waals surface area (Å²) >= 11 is 0. The molecule has 5 rings (SSSR count). The first kappa shape index (κ1) is 16.7. The lowest BCUT2D eigenvalue weighted by atomic mass is 9.91. The minimum Gasteiger partial charge on any atom is -0.347 e. The molecular formula is C21H24FN5. The van der Waals surface area contributed by atoms with Crippen molar-refractivity contribution >= 4 is 16.9 Å². The molecule has 3 aromatic rings. The highest BCUT2D eigenvalue weighted by Crippen LogP contribution is 2.28. The molecule has 0 N–H and O–H groups in total. The molecule has 5 nitrogen and oxygen atoms in total. The Bertz CT molecular complexity index is 925. The lowest BCUT2D eigenvalue weighted by Crippen LogP contribution is -2.57. The second-order valence-corrected chi connectivity index (χ2v) is 7.76. The number of aromatic nitrogens is 3.